The van der Waals surface area contributed by atoms with Crippen molar-refractivity contribution in [3.63, 3.8) is 0 Å². The van der Waals surface area contributed by atoms with E-state index in [9.17, 15) is 0 Å². The first-order chi connectivity index (χ1) is 5.94. The Balaban J connectivity index is 2.53. The quantitative estimate of drug-likeness (QED) is 0.346. The van der Waals surface area contributed by atoms with Crippen molar-refractivity contribution in [1.29, 1.82) is 0 Å². The van der Waals surface area contributed by atoms with Gasteiger partial charge in [0.25, 0.3) is 0 Å². The number of allylic oxidation sites excluding steroid dienone is 2. The summed E-state index contributed by atoms with van der Waals surface area (Å²) < 4.78 is 0. The molecule has 1 aliphatic carbocycles. The van der Waals surface area contributed by atoms with Gasteiger partial charge in [0.2, 0.25) is 0 Å². The van der Waals surface area contributed by atoms with Crippen LogP contribution in [0.3, 0.4) is 0 Å². The molecule has 0 aliphatic heterocycles. The van der Waals surface area contributed by atoms with Crippen LogP contribution in [0, 0.1) is 0 Å². The van der Waals surface area contributed by atoms with Crippen molar-refractivity contribution in [2.45, 2.75) is 50.4 Å². The van der Waals surface area contributed by atoms with Crippen molar-refractivity contribution in [3.8, 4) is 0 Å². The van der Waals surface area contributed by atoms with E-state index in [0.717, 1.165) is 0 Å². The van der Waals surface area contributed by atoms with E-state index in [0.29, 0.717) is 5.04 Å². The van der Waals surface area contributed by atoms with Crippen LogP contribution < -0.4 is 0 Å². The molecule has 74 valence electrons. The average molecular weight is 194 g/mol. The molecule has 0 N–H and O–H groups in total. The lowest BCUT2D eigenvalue weighted by molar-refractivity contribution is 0.687. The smallest absolute Gasteiger partial charge is 0.0556 e. The monoisotopic (exact) mass is 194 g/mol. The van der Waals surface area contributed by atoms with Crippen molar-refractivity contribution in [1.82, 2.24) is 0 Å². The molecule has 0 heterocycles. The molecule has 0 radical (unpaired) electrons. The summed E-state index contributed by atoms with van der Waals surface area (Å²) in [6, 6.07) is 0. The second-order valence-corrected chi connectivity index (χ2v) is 10.8. The number of unbranched alkanes of at least 4 members (excludes halogenated alkanes) is 1. The summed E-state index contributed by atoms with van der Waals surface area (Å²) in [5.41, 5.74) is 1.52. The fraction of sp³-hybridized carbons (Fsp3) is 0.667. The summed E-state index contributed by atoms with van der Waals surface area (Å²) in [4.78, 5) is 0. The Morgan fingerprint density at radius 3 is 2.31 bits per heavy atom. The zero-order valence-electron chi connectivity index (χ0n) is 9.32. The van der Waals surface area contributed by atoms with E-state index in [2.05, 4.69) is 32.8 Å². The second-order valence-electron chi connectivity index (χ2n) is 5.29. The second kappa shape index (κ2) is 3.45. The van der Waals surface area contributed by atoms with Crippen LogP contribution in [-0.4, -0.2) is 8.07 Å². The molecule has 1 rings (SSSR count). The van der Waals surface area contributed by atoms with Crippen LogP contribution in [0.5, 0.6) is 0 Å². The van der Waals surface area contributed by atoms with E-state index in [-0.39, 0.29) is 0 Å². The van der Waals surface area contributed by atoms with E-state index in [1.807, 2.05) is 6.08 Å². The molecule has 13 heavy (non-hydrogen) atoms. The Morgan fingerprint density at radius 1 is 1.46 bits per heavy atom. The third-order valence-corrected chi connectivity index (χ3v) is 7.17. The zero-order chi connectivity index (χ0) is 10.1. The van der Waals surface area contributed by atoms with Gasteiger partial charge in [-0.3, -0.25) is 0 Å². The Kier molecular flexibility index (Phi) is 2.86. The lowest BCUT2D eigenvalue weighted by Crippen LogP contribution is -2.29. The highest BCUT2D eigenvalue weighted by Gasteiger charge is 2.55. The van der Waals surface area contributed by atoms with E-state index >= 15 is 0 Å². The van der Waals surface area contributed by atoms with Gasteiger partial charge in [0.05, 0.1) is 8.07 Å². The number of rotatable bonds is 5. The number of hydrogen-bond donors (Lipinski definition) is 0. The molecule has 0 nitrogen and oxygen atoms in total. The largest absolute Gasteiger partial charge is 0.103 e. The van der Waals surface area contributed by atoms with Crippen LogP contribution >= 0.6 is 0 Å². The van der Waals surface area contributed by atoms with Crippen molar-refractivity contribution >= 4 is 8.07 Å². The molecule has 0 aromatic heterocycles. The van der Waals surface area contributed by atoms with Gasteiger partial charge in [0.1, 0.15) is 0 Å². The predicted octanol–water partition coefficient (Wildman–Crippen LogP) is 4.38. The average Bonchev–Trinajstić information content (AvgIpc) is 2.62. The number of hydrogen-bond acceptors (Lipinski definition) is 0. The van der Waals surface area contributed by atoms with E-state index in [1.54, 1.807) is 0 Å². The summed E-state index contributed by atoms with van der Waals surface area (Å²) in [7, 11) is -1.02. The van der Waals surface area contributed by atoms with Gasteiger partial charge in [-0.2, -0.15) is 0 Å². The lowest BCUT2D eigenvalue weighted by atomic mass is 10.1. The van der Waals surface area contributed by atoms with Crippen molar-refractivity contribution in [2.24, 2.45) is 0 Å². The molecular weight excluding hydrogens is 172 g/mol. The van der Waals surface area contributed by atoms with Gasteiger partial charge in [-0.15, -0.1) is 6.58 Å². The van der Waals surface area contributed by atoms with E-state index < -0.39 is 8.07 Å². The molecule has 1 saturated carbocycles. The molecule has 1 heteroatoms. The van der Waals surface area contributed by atoms with Crippen LogP contribution in [0.15, 0.2) is 24.8 Å². The van der Waals surface area contributed by atoms with Crippen LogP contribution in [0.4, 0.5) is 0 Å². The van der Waals surface area contributed by atoms with Crippen molar-refractivity contribution in [3.05, 3.63) is 24.8 Å². The molecule has 1 aliphatic rings. The maximum atomic E-state index is 4.17. The van der Waals surface area contributed by atoms with Crippen molar-refractivity contribution < 1.29 is 0 Å². The topological polar surface area (TPSA) is 0 Å². The fourth-order valence-electron chi connectivity index (χ4n) is 2.30. The van der Waals surface area contributed by atoms with Crippen LogP contribution in [0.25, 0.3) is 0 Å². The molecule has 1 atom stereocenters. The maximum absolute atomic E-state index is 4.17. The lowest BCUT2D eigenvalue weighted by Gasteiger charge is -2.28. The Bertz CT molecular complexity index is 222. The highest BCUT2D eigenvalue weighted by Crippen LogP contribution is 2.67. The van der Waals surface area contributed by atoms with Crippen LogP contribution in [0.1, 0.15) is 25.7 Å². The van der Waals surface area contributed by atoms with Crippen molar-refractivity contribution in [2.75, 3.05) is 0 Å². The third-order valence-electron chi connectivity index (χ3n) is 3.51. The molecule has 1 fully saturated rings. The van der Waals surface area contributed by atoms with Gasteiger partial charge in [0.15, 0.2) is 0 Å². The minimum absolute atomic E-state index is 0.593. The summed E-state index contributed by atoms with van der Waals surface area (Å²) in [6.45, 7) is 15.4. The van der Waals surface area contributed by atoms with Gasteiger partial charge in [-0.25, -0.2) is 0 Å². The molecular formula is C12H22Si. The van der Waals surface area contributed by atoms with E-state index in [4.69, 9.17) is 0 Å². The first-order valence-electron chi connectivity index (χ1n) is 5.23. The Hall–Kier alpha value is -0.303. The van der Waals surface area contributed by atoms with Gasteiger partial charge >= 0.3 is 0 Å². The zero-order valence-corrected chi connectivity index (χ0v) is 10.3. The fourth-order valence-corrected chi connectivity index (χ4v) is 5.04. The molecule has 0 amide bonds. The molecule has 0 bridgehead atoms. The minimum Gasteiger partial charge on any atom is -0.103 e. The summed E-state index contributed by atoms with van der Waals surface area (Å²) in [5.74, 6) is 0. The summed E-state index contributed by atoms with van der Waals surface area (Å²) in [6.07, 6.45) is 7.16. The molecule has 0 saturated heterocycles. The molecule has 1 unspecified atom stereocenters. The normalized spacial score (nSPS) is 27.5. The first-order valence-corrected chi connectivity index (χ1v) is 8.73. The van der Waals surface area contributed by atoms with E-state index in [1.165, 1.54) is 31.3 Å². The van der Waals surface area contributed by atoms with Crippen LogP contribution in [-0.2, 0) is 0 Å². The predicted molar refractivity (Wildman–Crippen MR) is 63.8 cm³/mol. The standard InChI is InChI=1S/C12H22Si/c1-6-7-8-9-12(10-11(12)2)13(3,4)5/h6H,1-2,7-10H2,3-5H3. The molecule has 0 aromatic carbocycles. The SMILES string of the molecule is C=CCCCC1([Si](C)(C)C)CC1=C. The maximum Gasteiger partial charge on any atom is 0.0556 e. The van der Waals surface area contributed by atoms with Crippen LogP contribution in [0.2, 0.25) is 24.7 Å². The van der Waals surface area contributed by atoms with Gasteiger partial charge in [-0.1, -0.05) is 37.9 Å². The Labute approximate surface area is 83.7 Å². The summed E-state index contributed by atoms with van der Waals surface area (Å²) >= 11 is 0. The first kappa shape index (κ1) is 10.8. The molecule has 0 aromatic rings. The van der Waals surface area contributed by atoms with Gasteiger partial charge < -0.3 is 0 Å². The highest BCUT2D eigenvalue weighted by atomic mass is 28.3. The minimum atomic E-state index is -1.02. The van der Waals surface area contributed by atoms with Gasteiger partial charge in [-0.05, 0) is 30.7 Å². The molecule has 0 spiro atoms. The Morgan fingerprint density at radius 2 is 2.00 bits per heavy atom. The third kappa shape index (κ3) is 1.96. The van der Waals surface area contributed by atoms with Gasteiger partial charge in [0, 0.05) is 0 Å². The summed E-state index contributed by atoms with van der Waals surface area (Å²) in [5, 5.41) is 0.593. The highest BCUT2D eigenvalue weighted by molar-refractivity contribution is 6.81.